The Morgan fingerprint density at radius 3 is 2.39 bits per heavy atom. The van der Waals surface area contributed by atoms with E-state index in [4.69, 9.17) is 10.5 Å². The zero-order valence-electron chi connectivity index (χ0n) is 9.17. The van der Waals surface area contributed by atoms with Crippen molar-refractivity contribution in [3.05, 3.63) is 35.6 Å². The highest BCUT2D eigenvalue weighted by Gasteiger charge is 2.21. The summed E-state index contributed by atoms with van der Waals surface area (Å²) in [7, 11) is 0. The van der Waals surface area contributed by atoms with Crippen LogP contribution < -0.4 is 15.9 Å². The fourth-order valence-electron chi connectivity index (χ4n) is 1.24. The molecule has 0 saturated carbocycles. The van der Waals surface area contributed by atoms with Crippen molar-refractivity contribution >= 4 is 11.9 Å². The van der Waals surface area contributed by atoms with E-state index in [2.05, 4.69) is 0 Å². The summed E-state index contributed by atoms with van der Waals surface area (Å²) < 4.78 is 17.9. The second-order valence-electron chi connectivity index (χ2n) is 3.49. The van der Waals surface area contributed by atoms with Crippen LogP contribution in [0.5, 0.6) is 0 Å². The highest BCUT2D eigenvalue weighted by molar-refractivity contribution is 5.82. The van der Waals surface area contributed by atoms with Crippen molar-refractivity contribution in [3.8, 4) is 0 Å². The van der Waals surface area contributed by atoms with E-state index in [1.54, 1.807) is 0 Å². The van der Waals surface area contributed by atoms with Crippen LogP contribution in [-0.2, 0) is 20.9 Å². The second kappa shape index (κ2) is 6.08. The number of carboxylic acid groups (broad SMARTS) is 2. The molecule has 98 valence electrons. The molecule has 0 fully saturated rings. The van der Waals surface area contributed by atoms with Gasteiger partial charge in [0.25, 0.3) is 0 Å². The summed E-state index contributed by atoms with van der Waals surface area (Å²) in [5, 5.41) is 21.1. The average molecular weight is 255 g/mol. The van der Waals surface area contributed by atoms with Crippen LogP contribution in [0.25, 0.3) is 0 Å². The fraction of sp³-hybridized carbons (Fsp3) is 0.273. The maximum Gasteiger partial charge on any atom is 0.128 e. The molecule has 0 aliphatic carbocycles. The minimum atomic E-state index is -1.91. The Bertz CT molecular complexity index is 451. The molecule has 1 rings (SSSR count). The predicted molar refractivity (Wildman–Crippen MR) is 53.0 cm³/mol. The highest BCUT2D eigenvalue weighted by atomic mass is 19.1. The van der Waals surface area contributed by atoms with Gasteiger partial charge in [0.1, 0.15) is 11.9 Å². The standard InChI is InChI=1S/C11H12FNO5/c12-7-4-2-1-3-6(7)5-18-9(11(16)17)8(13)10(14)15/h1-4,8-9H,5,13H2,(H,14,15)(H,16,17)/p-2/t8-,9-/m0/s1. The van der Waals surface area contributed by atoms with Crippen molar-refractivity contribution in [1.82, 2.24) is 0 Å². The van der Waals surface area contributed by atoms with Crippen LogP contribution in [0, 0.1) is 5.82 Å². The summed E-state index contributed by atoms with van der Waals surface area (Å²) in [6, 6.07) is 3.61. The molecule has 1 aromatic carbocycles. The lowest BCUT2D eigenvalue weighted by molar-refractivity contribution is -0.327. The lowest BCUT2D eigenvalue weighted by atomic mass is 10.1. The Balaban J connectivity index is 2.72. The monoisotopic (exact) mass is 255 g/mol. The Morgan fingerprint density at radius 1 is 1.28 bits per heavy atom. The molecule has 0 saturated heterocycles. The lowest BCUT2D eigenvalue weighted by Gasteiger charge is -2.25. The van der Waals surface area contributed by atoms with Gasteiger partial charge >= 0.3 is 0 Å². The normalized spacial score (nSPS) is 13.9. The van der Waals surface area contributed by atoms with E-state index in [1.807, 2.05) is 0 Å². The van der Waals surface area contributed by atoms with Gasteiger partial charge in [-0.3, -0.25) is 0 Å². The van der Waals surface area contributed by atoms with Crippen LogP contribution in [0.3, 0.4) is 0 Å². The molecule has 2 atom stereocenters. The van der Waals surface area contributed by atoms with Crippen LogP contribution in [0.2, 0.25) is 0 Å². The van der Waals surface area contributed by atoms with Gasteiger partial charge < -0.3 is 30.3 Å². The zero-order valence-corrected chi connectivity index (χ0v) is 9.17. The number of carbonyl (C=O) groups is 2. The van der Waals surface area contributed by atoms with E-state index >= 15 is 0 Å². The average Bonchev–Trinajstić information content (AvgIpc) is 2.30. The highest BCUT2D eigenvalue weighted by Crippen LogP contribution is 2.09. The number of carbonyl (C=O) groups excluding carboxylic acids is 2. The molecule has 0 aromatic heterocycles. The molecule has 18 heavy (non-hydrogen) atoms. The molecular weight excluding hydrogens is 245 g/mol. The predicted octanol–water partition coefficient (Wildman–Crippen LogP) is -2.46. The second-order valence-corrected chi connectivity index (χ2v) is 3.49. The van der Waals surface area contributed by atoms with Crippen LogP contribution in [-0.4, -0.2) is 24.1 Å². The van der Waals surface area contributed by atoms with Gasteiger partial charge in [0.15, 0.2) is 0 Å². The van der Waals surface area contributed by atoms with E-state index in [1.165, 1.54) is 18.2 Å². The summed E-state index contributed by atoms with van der Waals surface area (Å²) in [6.07, 6.45) is -1.91. The first-order chi connectivity index (χ1) is 8.43. The quantitative estimate of drug-likeness (QED) is 0.602. The van der Waals surface area contributed by atoms with Crippen LogP contribution in [0.1, 0.15) is 5.56 Å². The number of hydrogen-bond donors (Lipinski definition) is 1. The molecular formula is C11H10FNO5-2. The molecule has 7 heteroatoms. The molecule has 0 heterocycles. The molecule has 0 amide bonds. The molecule has 0 aliphatic rings. The van der Waals surface area contributed by atoms with Gasteiger partial charge in [-0.1, -0.05) is 18.2 Å². The summed E-state index contributed by atoms with van der Waals surface area (Å²) in [4.78, 5) is 21.1. The Hall–Kier alpha value is -1.99. The van der Waals surface area contributed by atoms with Crippen LogP contribution >= 0.6 is 0 Å². The fourth-order valence-corrected chi connectivity index (χ4v) is 1.24. The SMILES string of the molecule is N[C@H](C(=O)[O-])[C@H](OCc1ccccc1F)C(=O)[O-]. The molecule has 0 radical (unpaired) electrons. The van der Waals surface area contributed by atoms with Crippen molar-refractivity contribution in [3.63, 3.8) is 0 Å². The maximum absolute atomic E-state index is 13.2. The zero-order chi connectivity index (χ0) is 13.7. The number of rotatable bonds is 6. The third-order valence-electron chi connectivity index (χ3n) is 2.21. The summed E-state index contributed by atoms with van der Waals surface area (Å²) in [5.41, 5.74) is 5.14. The van der Waals surface area contributed by atoms with E-state index in [-0.39, 0.29) is 5.56 Å². The number of aliphatic carboxylic acids is 2. The smallest absolute Gasteiger partial charge is 0.128 e. The third kappa shape index (κ3) is 3.51. The number of ether oxygens (including phenoxy) is 1. The molecule has 0 unspecified atom stereocenters. The lowest BCUT2D eigenvalue weighted by Crippen LogP contribution is -2.56. The van der Waals surface area contributed by atoms with Crippen molar-refractivity contribution in [2.45, 2.75) is 18.8 Å². The summed E-state index contributed by atoms with van der Waals surface area (Å²) in [6.45, 7) is -0.438. The van der Waals surface area contributed by atoms with Crippen molar-refractivity contribution in [1.29, 1.82) is 0 Å². The van der Waals surface area contributed by atoms with E-state index < -0.39 is 36.5 Å². The molecule has 6 nitrogen and oxygen atoms in total. The van der Waals surface area contributed by atoms with Gasteiger partial charge in [0.05, 0.1) is 24.6 Å². The molecule has 0 aliphatic heterocycles. The van der Waals surface area contributed by atoms with E-state index in [0.29, 0.717) is 0 Å². The van der Waals surface area contributed by atoms with Crippen LogP contribution in [0.15, 0.2) is 24.3 Å². The first kappa shape index (κ1) is 14.1. The number of benzene rings is 1. The number of halogens is 1. The topological polar surface area (TPSA) is 116 Å². The molecule has 0 bridgehead atoms. The molecule has 2 N–H and O–H groups in total. The van der Waals surface area contributed by atoms with Crippen molar-refractivity contribution < 1.29 is 28.9 Å². The van der Waals surface area contributed by atoms with E-state index in [0.717, 1.165) is 6.07 Å². The van der Waals surface area contributed by atoms with E-state index in [9.17, 15) is 24.2 Å². The van der Waals surface area contributed by atoms with Gasteiger partial charge in [-0.2, -0.15) is 0 Å². The van der Waals surface area contributed by atoms with Gasteiger partial charge in [-0.05, 0) is 6.07 Å². The summed E-state index contributed by atoms with van der Waals surface area (Å²) >= 11 is 0. The minimum Gasteiger partial charge on any atom is -0.548 e. The Kier molecular flexibility index (Phi) is 4.75. The van der Waals surface area contributed by atoms with Gasteiger partial charge in [0, 0.05) is 5.56 Å². The largest absolute Gasteiger partial charge is 0.548 e. The van der Waals surface area contributed by atoms with Crippen molar-refractivity contribution in [2.75, 3.05) is 0 Å². The Morgan fingerprint density at radius 2 is 1.89 bits per heavy atom. The molecule has 0 spiro atoms. The third-order valence-corrected chi connectivity index (χ3v) is 2.21. The minimum absolute atomic E-state index is 0.0781. The van der Waals surface area contributed by atoms with Crippen LogP contribution in [0.4, 0.5) is 4.39 Å². The Labute approximate surface area is 102 Å². The number of nitrogens with two attached hydrogens (primary N) is 1. The van der Waals surface area contributed by atoms with Gasteiger partial charge in [-0.25, -0.2) is 4.39 Å². The first-order valence-electron chi connectivity index (χ1n) is 4.95. The van der Waals surface area contributed by atoms with Crippen molar-refractivity contribution in [2.24, 2.45) is 5.73 Å². The number of hydrogen-bond acceptors (Lipinski definition) is 6. The molecule has 1 aromatic rings. The summed E-state index contributed by atoms with van der Waals surface area (Å²) in [5.74, 6) is -4.20. The first-order valence-corrected chi connectivity index (χ1v) is 4.95. The number of carboxylic acids is 2. The maximum atomic E-state index is 13.2. The van der Waals surface area contributed by atoms with Gasteiger partial charge in [-0.15, -0.1) is 0 Å². The van der Waals surface area contributed by atoms with Gasteiger partial charge in [0.2, 0.25) is 0 Å².